The van der Waals surface area contributed by atoms with Crippen LogP contribution < -0.4 is 10.1 Å². The number of ether oxygens (including phenoxy) is 2. The van der Waals surface area contributed by atoms with Gasteiger partial charge in [0.15, 0.2) is 0 Å². The van der Waals surface area contributed by atoms with Crippen molar-refractivity contribution in [2.24, 2.45) is 0 Å². The van der Waals surface area contributed by atoms with E-state index in [1.807, 2.05) is 13.8 Å². The monoisotopic (exact) mass is 371 g/mol. The number of thiazole rings is 1. The van der Waals surface area contributed by atoms with Gasteiger partial charge in [0.2, 0.25) is 0 Å². The number of carbonyl (C=O) groups is 1. The summed E-state index contributed by atoms with van der Waals surface area (Å²) < 4.78 is 11.6. The van der Waals surface area contributed by atoms with E-state index in [9.17, 15) is 4.79 Å². The van der Waals surface area contributed by atoms with Crippen LogP contribution in [0.3, 0.4) is 0 Å². The molecule has 1 aliphatic heterocycles. The minimum absolute atomic E-state index is 0.128. The number of rotatable bonds is 5. The van der Waals surface area contributed by atoms with Crippen LogP contribution in [0.25, 0.3) is 0 Å². The molecule has 1 amide bonds. The first-order valence-electron chi connectivity index (χ1n) is 8.62. The first-order chi connectivity index (χ1) is 12.6. The molecule has 2 aromatic rings. The Balaban J connectivity index is 1.70. The Morgan fingerprint density at radius 3 is 2.92 bits per heavy atom. The van der Waals surface area contributed by atoms with Gasteiger partial charge < -0.3 is 14.8 Å². The molecule has 136 valence electrons. The molecule has 0 aliphatic carbocycles. The van der Waals surface area contributed by atoms with Crippen LogP contribution >= 0.6 is 11.3 Å². The molecule has 1 aromatic heterocycles. The number of nitrogens with one attached hydrogen (secondary N) is 1. The number of nitrogens with zero attached hydrogens (tertiary/aromatic N) is 2. The van der Waals surface area contributed by atoms with Crippen molar-refractivity contribution in [2.45, 2.75) is 38.8 Å². The van der Waals surface area contributed by atoms with Crippen molar-refractivity contribution in [3.63, 3.8) is 0 Å². The number of nitriles is 1. The fourth-order valence-electron chi connectivity index (χ4n) is 2.90. The second-order valence-corrected chi connectivity index (χ2v) is 7.30. The van der Waals surface area contributed by atoms with Crippen molar-refractivity contribution in [2.75, 3.05) is 13.2 Å². The van der Waals surface area contributed by atoms with Crippen molar-refractivity contribution in [3.05, 3.63) is 45.4 Å². The molecule has 0 unspecified atom stereocenters. The maximum absolute atomic E-state index is 12.7. The number of benzene rings is 1. The smallest absolute Gasteiger partial charge is 0.263 e. The molecule has 0 bridgehead atoms. The molecule has 1 aromatic carbocycles. The molecule has 7 heteroatoms. The molecule has 1 aliphatic rings. The van der Waals surface area contributed by atoms with Crippen molar-refractivity contribution in [1.29, 1.82) is 5.26 Å². The Labute approximate surface area is 156 Å². The first kappa shape index (κ1) is 18.4. The average molecular weight is 371 g/mol. The Morgan fingerprint density at radius 2 is 2.23 bits per heavy atom. The van der Waals surface area contributed by atoms with Crippen LogP contribution in [-0.4, -0.2) is 36.3 Å². The van der Waals surface area contributed by atoms with Crippen LogP contribution in [0.1, 0.15) is 39.3 Å². The molecule has 26 heavy (non-hydrogen) atoms. The second kappa shape index (κ2) is 8.30. The third-order valence-corrected chi connectivity index (χ3v) is 5.24. The van der Waals surface area contributed by atoms with E-state index in [-0.39, 0.29) is 18.1 Å². The highest BCUT2D eigenvalue weighted by Gasteiger charge is 2.30. The highest BCUT2D eigenvalue weighted by Crippen LogP contribution is 2.22. The lowest BCUT2D eigenvalue weighted by Gasteiger charge is -2.32. The van der Waals surface area contributed by atoms with Gasteiger partial charge in [-0.05, 0) is 37.6 Å². The standard InChI is InChI=1S/C19H21N3O3S/c1-3-15-18(26-12(2)21-15)19(23)22-16-11-24-9-8-17(16)25-14-6-4-13(10-20)5-7-14/h4-7,16-17H,3,8-9,11H2,1-2H3,(H,22,23)/t16-,17-/m1/s1. The van der Waals surface area contributed by atoms with Gasteiger partial charge >= 0.3 is 0 Å². The number of aryl methyl sites for hydroxylation is 2. The summed E-state index contributed by atoms with van der Waals surface area (Å²) in [6.45, 7) is 4.89. The summed E-state index contributed by atoms with van der Waals surface area (Å²) in [7, 11) is 0. The normalized spacial score (nSPS) is 19.6. The summed E-state index contributed by atoms with van der Waals surface area (Å²) >= 11 is 1.41. The lowest BCUT2D eigenvalue weighted by Crippen LogP contribution is -2.51. The molecular weight excluding hydrogens is 350 g/mol. The number of hydrogen-bond donors (Lipinski definition) is 1. The zero-order valence-corrected chi connectivity index (χ0v) is 15.6. The van der Waals surface area contributed by atoms with Crippen molar-refractivity contribution in [1.82, 2.24) is 10.3 Å². The largest absolute Gasteiger partial charge is 0.488 e. The van der Waals surface area contributed by atoms with Crippen molar-refractivity contribution in [3.8, 4) is 11.8 Å². The molecule has 2 atom stereocenters. The molecule has 1 saturated heterocycles. The highest BCUT2D eigenvalue weighted by atomic mass is 32.1. The van der Waals surface area contributed by atoms with Gasteiger partial charge in [0, 0.05) is 6.42 Å². The summed E-state index contributed by atoms with van der Waals surface area (Å²) in [4.78, 5) is 17.8. The van der Waals surface area contributed by atoms with E-state index in [2.05, 4.69) is 16.4 Å². The molecule has 6 nitrogen and oxygen atoms in total. The lowest BCUT2D eigenvalue weighted by molar-refractivity contribution is -0.00284. The summed E-state index contributed by atoms with van der Waals surface area (Å²) in [5.41, 5.74) is 1.41. The van der Waals surface area contributed by atoms with Crippen LogP contribution in [0, 0.1) is 18.3 Å². The predicted molar refractivity (Wildman–Crippen MR) is 98.5 cm³/mol. The van der Waals surface area contributed by atoms with E-state index in [0.29, 0.717) is 35.8 Å². The molecule has 1 fully saturated rings. The molecule has 0 radical (unpaired) electrons. The topological polar surface area (TPSA) is 84.2 Å². The first-order valence-corrected chi connectivity index (χ1v) is 9.44. The Hall–Kier alpha value is -2.43. The maximum Gasteiger partial charge on any atom is 0.263 e. The SMILES string of the molecule is CCc1nc(C)sc1C(=O)N[C@@H]1COCC[C@H]1Oc1ccc(C#N)cc1. The maximum atomic E-state index is 12.7. The number of carbonyl (C=O) groups excluding carboxylic acids is 1. The summed E-state index contributed by atoms with van der Waals surface area (Å²) in [6.07, 6.45) is 1.23. The fourth-order valence-corrected chi connectivity index (χ4v) is 3.81. The molecule has 1 N–H and O–H groups in total. The van der Waals surface area contributed by atoms with Gasteiger partial charge in [-0.1, -0.05) is 6.92 Å². The minimum Gasteiger partial charge on any atom is -0.488 e. The van der Waals surface area contributed by atoms with Gasteiger partial charge in [0.1, 0.15) is 16.7 Å². The summed E-state index contributed by atoms with van der Waals surface area (Å²) in [6, 6.07) is 8.83. The highest BCUT2D eigenvalue weighted by molar-refractivity contribution is 7.13. The molecular formula is C19H21N3O3S. The lowest BCUT2D eigenvalue weighted by atomic mass is 10.1. The zero-order chi connectivity index (χ0) is 18.5. The van der Waals surface area contributed by atoms with E-state index < -0.39 is 0 Å². The van der Waals surface area contributed by atoms with Gasteiger partial charge in [0.05, 0.1) is 41.6 Å². The van der Waals surface area contributed by atoms with Crippen molar-refractivity contribution >= 4 is 17.2 Å². The third kappa shape index (κ3) is 4.21. The van der Waals surface area contributed by atoms with Crippen LogP contribution in [0.5, 0.6) is 5.75 Å². The molecule has 0 spiro atoms. The third-order valence-electron chi connectivity index (χ3n) is 4.23. The number of hydrogen-bond acceptors (Lipinski definition) is 6. The number of aromatic nitrogens is 1. The predicted octanol–water partition coefficient (Wildman–Crippen LogP) is 2.85. The fraction of sp³-hybridized carbons (Fsp3) is 0.421. The molecule has 0 saturated carbocycles. The van der Waals surface area contributed by atoms with Gasteiger partial charge in [-0.15, -0.1) is 11.3 Å². The van der Waals surface area contributed by atoms with E-state index in [1.165, 1.54) is 11.3 Å². The van der Waals surface area contributed by atoms with Gasteiger partial charge in [-0.3, -0.25) is 4.79 Å². The van der Waals surface area contributed by atoms with Gasteiger partial charge in [-0.2, -0.15) is 5.26 Å². The molecule has 2 heterocycles. The van der Waals surface area contributed by atoms with Gasteiger partial charge in [0.25, 0.3) is 5.91 Å². The quantitative estimate of drug-likeness (QED) is 0.874. The van der Waals surface area contributed by atoms with Crippen LogP contribution in [0.2, 0.25) is 0 Å². The van der Waals surface area contributed by atoms with E-state index in [1.54, 1.807) is 24.3 Å². The van der Waals surface area contributed by atoms with Crippen LogP contribution in [0.15, 0.2) is 24.3 Å². The van der Waals surface area contributed by atoms with E-state index in [4.69, 9.17) is 14.7 Å². The van der Waals surface area contributed by atoms with E-state index >= 15 is 0 Å². The number of amides is 1. The van der Waals surface area contributed by atoms with E-state index in [0.717, 1.165) is 17.1 Å². The van der Waals surface area contributed by atoms with Crippen LogP contribution in [0.4, 0.5) is 0 Å². The summed E-state index contributed by atoms with van der Waals surface area (Å²) in [5.74, 6) is 0.550. The molecule has 3 rings (SSSR count). The average Bonchev–Trinajstić information content (AvgIpc) is 3.05. The second-order valence-electron chi connectivity index (χ2n) is 6.10. The van der Waals surface area contributed by atoms with Gasteiger partial charge in [-0.25, -0.2) is 4.98 Å². The van der Waals surface area contributed by atoms with Crippen molar-refractivity contribution < 1.29 is 14.3 Å². The zero-order valence-electron chi connectivity index (χ0n) is 14.8. The summed E-state index contributed by atoms with van der Waals surface area (Å²) in [5, 5.41) is 12.8. The Bertz CT molecular complexity index is 810. The Kier molecular flexibility index (Phi) is 5.86. The Morgan fingerprint density at radius 1 is 1.46 bits per heavy atom. The minimum atomic E-state index is -0.237. The van der Waals surface area contributed by atoms with Crippen LogP contribution in [-0.2, 0) is 11.2 Å².